The molecule has 0 aliphatic heterocycles. The lowest BCUT2D eigenvalue weighted by molar-refractivity contribution is -0.141. The maximum absolute atomic E-state index is 13.1. The summed E-state index contributed by atoms with van der Waals surface area (Å²) in [6.07, 6.45) is -2.84. The predicted molar refractivity (Wildman–Crippen MR) is 97.0 cm³/mol. The van der Waals surface area contributed by atoms with Crippen LogP contribution in [0.3, 0.4) is 0 Å². The molecule has 0 spiro atoms. The van der Waals surface area contributed by atoms with Crippen LogP contribution < -0.4 is 5.30 Å². The Kier molecular flexibility index (Phi) is 3.77. The van der Waals surface area contributed by atoms with Crippen molar-refractivity contribution >= 4 is 36.6 Å². The van der Waals surface area contributed by atoms with Gasteiger partial charge in [0.2, 0.25) is 0 Å². The number of hydrogen-bond acceptors (Lipinski definition) is 3. The largest absolute Gasteiger partial charge is 0.433 e. The van der Waals surface area contributed by atoms with Gasteiger partial charge in [0, 0.05) is 11.3 Å². The summed E-state index contributed by atoms with van der Waals surface area (Å²) in [6, 6.07) is 6.05. The summed E-state index contributed by atoms with van der Waals surface area (Å²) in [6.45, 7) is 3.89. The fourth-order valence-electron chi connectivity index (χ4n) is 2.97. The van der Waals surface area contributed by atoms with Crippen LogP contribution >= 0.6 is 9.24 Å². The minimum absolute atomic E-state index is 0.00606. The number of aromatic amines is 1. The number of fused-ring (bicyclic) bond motifs is 2. The molecule has 134 valence electrons. The van der Waals surface area contributed by atoms with Crippen LogP contribution in [0.15, 0.2) is 30.5 Å². The summed E-state index contributed by atoms with van der Waals surface area (Å²) >= 11 is 0. The van der Waals surface area contributed by atoms with Gasteiger partial charge in [-0.3, -0.25) is 9.67 Å². The zero-order valence-electron chi connectivity index (χ0n) is 14.0. The number of nitrogens with one attached hydrogen (secondary N) is 1. The van der Waals surface area contributed by atoms with Crippen LogP contribution in [-0.4, -0.2) is 24.7 Å². The first-order valence-corrected chi connectivity index (χ1v) is 8.53. The molecule has 4 aromatic rings. The highest BCUT2D eigenvalue weighted by Crippen LogP contribution is 2.31. The van der Waals surface area contributed by atoms with Gasteiger partial charge in [0.25, 0.3) is 0 Å². The number of rotatable bonds is 2. The highest BCUT2D eigenvalue weighted by molar-refractivity contribution is 7.28. The van der Waals surface area contributed by atoms with Gasteiger partial charge < -0.3 is 0 Å². The molecule has 0 aliphatic carbocycles. The Hall–Kier alpha value is -2.47. The predicted octanol–water partition coefficient (Wildman–Crippen LogP) is 3.94. The van der Waals surface area contributed by atoms with Crippen molar-refractivity contribution in [3.05, 3.63) is 42.0 Å². The molecule has 0 aliphatic rings. The van der Waals surface area contributed by atoms with Gasteiger partial charge in [0.05, 0.1) is 17.4 Å². The van der Waals surface area contributed by atoms with E-state index in [2.05, 4.69) is 29.4 Å². The van der Waals surface area contributed by atoms with Crippen molar-refractivity contribution in [3.63, 3.8) is 0 Å². The molecular weight excluding hydrogens is 362 g/mol. The molecular formula is C17H15F3N5P. The second-order valence-corrected chi connectivity index (χ2v) is 6.99. The van der Waals surface area contributed by atoms with Crippen molar-refractivity contribution in [1.29, 1.82) is 0 Å². The number of benzene rings is 1. The lowest BCUT2D eigenvalue weighted by Crippen LogP contribution is -2.10. The first-order valence-electron chi connectivity index (χ1n) is 7.95. The summed E-state index contributed by atoms with van der Waals surface area (Å²) in [5.74, 6) is 0.658. The molecule has 0 amide bonds. The average molecular weight is 377 g/mol. The van der Waals surface area contributed by atoms with Gasteiger partial charge in [-0.2, -0.15) is 18.3 Å². The summed E-state index contributed by atoms with van der Waals surface area (Å²) in [7, 11) is 2.61. The van der Waals surface area contributed by atoms with E-state index in [-0.39, 0.29) is 11.6 Å². The van der Waals surface area contributed by atoms with Gasteiger partial charge in [-0.1, -0.05) is 13.8 Å². The van der Waals surface area contributed by atoms with E-state index in [0.29, 0.717) is 17.0 Å². The molecule has 1 atom stereocenters. The zero-order chi connectivity index (χ0) is 18.6. The second-order valence-electron chi connectivity index (χ2n) is 6.37. The summed E-state index contributed by atoms with van der Waals surface area (Å²) < 4.78 is 41.1. The molecule has 3 heterocycles. The van der Waals surface area contributed by atoms with E-state index in [1.165, 1.54) is 6.07 Å². The van der Waals surface area contributed by atoms with Crippen molar-refractivity contribution in [2.75, 3.05) is 0 Å². The summed E-state index contributed by atoms with van der Waals surface area (Å²) in [4.78, 5) is 8.38. The van der Waals surface area contributed by atoms with Gasteiger partial charge in [-0.05, 0) is 29.6 Å². The highest BCUT2D eigenvalue weighted by Gasteiger charge is 2.33. The third kappa shape index (κ3) is 2.65. The highest BCUT2D eigenvalue weighted by atomic mass is 31.0. The molecule has 1 aromatic carbocycles. The molecule has 4 rings (SSSR count). The van der Waals surface area contributed by atoms with Crippen molar-refractivity contribution < 1.29 is 13.2 Å². The molecule has 0 fully saturated rings. The molecule has 9 heteroatoms. The van der Waals surface area contributed by atoms with Crippen LogP contribution in [0.5, 0.6) is 0 Å². The first-order chi connectivity index (χ1) is 12.3. The second kappa shape index (κ2) is 5.77. The van der Waals surface area contributed by atoms with Crippen molar-refractivity contribution in [3.8, 4) is 5.69 Å². The number of halogens is 3. The number of hydrogen-bond donors (Lipinski definition) is 1. The normalized spacial score (nSPS) is 12.6. The third-order valence-corrected chi connectivity index (χ3v) is 4.61. The molecule has 0 bridgehead atoms. The van der Waals surface area contributed by atoms with Crippen LogP contribution in [0, 0.1) is 0 Å². The molecule has 0 saturated carbocycles. The number of pyridine rings is 1. The Morgan fingerprint density at radius 3 is 2.62 bits per heavy atom. The molecule has 1 N–H and O–H groups in total. The Morgan fingerprint density at radius 2 is 1.92 bits per heavy atom. The third-order valence-electron chi connectivity index (χ3n) is 4.16. The minimum Gasteiger partial charge on any atom is -0.280 e. The van der Waals surface area contributed by atoms with Crippen molar-refractivity contribution in [2.24, 2.45) is 0 Å². The van der Waals surface area contributed by atoms with Gasteiger partial charge in [0.15, 0.2) is 5.65 Å². The monoisotopic (exact) mass is 377 g/mol. The quantitative estimate of drug-likeness (QED) is 0.539. The standard InChI is InChI=1S/C17H15F3N5P/c1-8(2)15-22-11-3-4-13(17(18,19)20)23-16(11)25(15)10-5-9-7-21-24-14(9)12(26)6-10/h3-8H,26H2,1-2H3,(H,21,24). The van der Waals surface area contributed by atoms with E-state index in [4.69, 9.17) is 0 Å². The maximum atomic E-state index is 13.1. The van der Waals surface area contributed by atoms with Gasteiger partial charge in [-0.25, -0.2) is 9.97 Å². The van der Waals surface area contributed by atoms with Crippen LogP contribution in [-0.2, 0) is 6.18 Å². The SMILES string of the molecule is CC(C)c1nc2ccc(C(F)(F)F)nc2n1-c1cc(P)c2[nH]ncc2c1. The molecule has 3 aromatic heterocycles. The molecule has 5 nitrogen and oxygen atoms in total. The zero-order valence-corrected chi connectivity index (χ0v) is 15.1. The summed E-state index contributed by atoms with van der Waals surface area (Å²) in [5.41, 5.74) is 1.24. The van der Waals surface area contributed by atoms with Crippen LogP contribution in [0.4, 0.5) is 13.2 Å². The Labute approximate surface area is 148 Å². The van der Waals surface area contributed by atoms with E-state index in [9.17, 15) is 13.2 Å². The van der Waals surface area contributed by atoms with E-state index in [1.54, 1.807) is 10.8 Å². The summed E-state index contributed by atoms with van der Waals surface area (Å²) in [5, 5.41) is 8.64. The lowest BCUT2D eigenvalue weighted by Gasteiger charge is -2.13. The number of imidazole rings is 1. The molecule has 0 saturated heterocycles. The number of nitrogens with zero attached hydrogens (tertiary/aromatic N) is 4. The van der Waals surface area contributed by atoms with E-state index in [1.807, 2.05) is 26.0 Å². The van der Waals surface area contributed by atoms with Crippen LogP contribution in [0.2, 0.25) is 0 Å². The number of H-pyrrole nitrogens is 1. The van der Waals surface area contributed by atoms with Gasteiger partial charge >= 0.3 is 6.18 Å². The lowest BCUT2D eigenvalue weighted by atomic mass is 10.2. The van der Waals surface area contributed by atoms with E-state index >= 15 is 0 Å². The first kappa shape index (κ1) is 17.0. The Bertz CT molecular complexity index is 1130. The topological polar surface area (TPSA) is 59.4 Å². The van der Waals surface area contributed by atoms with Crippen LogP contribution in [0.25, 0.3) is 27.8 Å². The number of alkyl halides is 3. The van der Waals surface area contributed by atoms with Crippen LogP contribution in [0.1, 0.15) is 31.3 Å². The fourth-order valence-corrected chi connectivity index (χ4v) is 3.37. The number of aromatic nitrogens is 5. The molecule has 26 heavy (non-hydrogen) atoms. The maximum Gasteiger partial charge on any atom is 0.433 e. The van der Waals surface area contributed by atoms with Gasteiger partial charge in [0.1, 0.15) is 17.0 Å². The van der Waals surface area contributed by atoms with Gasteiger partial charge in [-0.15, -0.1) is 9.24 Å². The average Bonchev–Trinajstić information content (AvgIpc) is 3.17. The fraction of sp³-hybridized carbons (Fsp3) is 0.235. The van der Waals surface area contributed by atoms with Crippen molar-refractivity contribution in [1.82, 2.24) is 24.7 Å². The Balaban J connectivity index is 2.06. The van der Waals surface area contributed by atoms with E-state index in [0.717, 1.165) is 22.3 Å². The minimum atomic E-state index is -4.51. The van der Waals surface area contributed by atoms with Crippen molar-refractivity contribution in [2.45, 2.75) is 25.9 Å². The molecule has 0 radical (unpaired) electrons. The molecule has 1 unspecified atom stereocenters. The van der Waals surface area contributed by atoms with E-state index < -0.39 is 11.9 Å². The Morgan fingerprint density at radius 1 is 1.15 bits per heavy atom. The smallest absolute Gasteiger partial charge is 0.280 e.